The number of rotatable bonds is 5. The second kappa shape index (κ2) is 7.97. The van der Waals surface area contributed by atoms with Crippen LogP contribution in [0.4, 0.5) is 16.2 Å². The molecule has 26 heavy (non-hydrogen) atoms. The monoisotopic (exact) mass is 357 g/mol. The molecule has 1 aromatic carbocycles. The van der Waals surface area contributed by atoms with Gasteiger partial charge < -0.3 is 15.0 Å². The summed E-state index contributed by atoms with van der Waals surface area (Å²) in [5.41, 5.74) is 1.32. The van der Waals surface area contributed by atoms with Gasteiger partial charge in [0.15, 0.2) is 11.6 Å². The van der Waals surface area contributed by atoms with E-state index in [0.29, 0.717) is 38.1 Å². The van der Waals surface area contributed by atoms with E-state index < -0.39 is 0 Å². The van der Waals surface area contributed by atoms with E-state index in [4.69, 9.17) is 4.74 Å². The molecule has 0 saturated carbocycles. The average molecular weight is 357 g/mol. The standard InChI is InChI=1S/C19H24FN5O/c20-17-12-21-19(23-18(17)25-8-10-26-11-9-25)22-16-6-7-24(14-16)13-15-4-2-1-3-5-15/h1-5,12,16H,6-11,13-14H2,(H,21,22,23)/t16-/m0/s1. The molecule has 0 amide bonds. The minimum atomic E-state index is -0.380. The third-order valence-corrected chi connectivity index (χ3v) is 4.89. The minimum absolute atomic E-state index is 0.279. The van der Waals surface area contributed by atoms with Gasteiger partial charge in [0, 0.05) is 38.8 Å². The predicted octanol–water partition coefficient (Wildman–Crippen LogP) is 2.14. The van der Waals surface area contributed by atoms with Gasteiger partial charge in [0.1, 0.15) is 0 Å². The zero-order valence-electron chi connectivity index (χ0n) is 14.8. The number of anilines is 2. The maximum atomic E-state index is 14.1. The Kier molecular flexibility index (Phi) is 5.26. The largest absolute Gasteiger partial charge is 0.378 e. The number of nitrogens with one attached hydrogen (secondary N) is 1. The molecule has 2 saturated heterocycles. The van der Waals surface area contributed by atoms with E-state index in [1.54, 1.807) is 0 Å². The van der Waals surface area contributed by atoms with Crippen molar-refractivity contribution in [2.45, 2.75) is 19.0 Å². The summed E-state index contributed by atoms with van der Waals surface area (Å²) in [4.78, 5) is 12.9. The van der Waals surface area contributed by atoms with Gasteiger partial charge in [-0.15, -0.1) is 0 Å². The van der Waals surface area contributed by atoms with Crippen molar-refractivity contribution in [3.05, 3.63) is 47.9 Å². The highest BCUT2D eigenvalue weighted by Crippen LogP contribution is 2.21. The molecule has 1 N–H and O–H groups in total. The van der Waals surface area contributed by atoms with E-state index in [-0.39, 0.29) is 11.9 Å². The zero-order valence-corrected chi connectivity index (χ0v) is 14.8. The Labute approximate surface area is 153 Å². The molecule has 0 unspecified atom stereocenters. The van der Waals surface area contributed by atoms with Gasteiger partial charge in [0.25, 0.3) is 0 Å². The van der Waals surface area contributed by atoms with Crippen molar-refractivity contribution >= 4 is 11.8 Å². The van der Waals surface area contributed by atoms with Crippen LogP contribution >= 0.6 is 0 Å². The molecule has 2 aliphatic rings. The van der Waals surface area contributed by atoms with Crippen molar-refractivity contribution in [1.29, 1.82) is 0 Å². The second-order valence-electron chi connectivity index (χ2n) is 6.82. The fourth-order valence-corrected chi connectivity index (χ4v) is 3.54. The third-order valence-electron chi connectivity index (χ3n) is 4.89. The lowest BCUT2D eigenvalue weighted by atomic mass is 10.2. The third kappa shape index (κ3) is 4.11. The van der Waals surface area contributed by atoms with Crippen LogP contribution in [0.1, 0.15) is 12.0 Å². The summed E-state index contributed by atoms with van der Waals surface area (Å²) >= 11 is 0. The predicted molar refractivity (Wildman–Crippen MR) is 98.8 cm³/mol. The maximum Gasteiger partial charge on any atom is 0.225 e. The first-order chi connectivity index (χ1) is 12.8. The van der Waals surface area contributed by atoms with Gasteiger partial charge in [0.05, 0.1) is 19.4 Å². The van der Waals surface area contributed by atoms with E-state index in [2.05, 4.69) is 44.5 Å². The average Bonchev–Trinajstić information content (AvgIpc) is 3.11. The lowest BCUT2D eigenvalue weighted by molar-refractivity contribution is 0.122. The molecule has 0 aliphatic carbocycles. The Bertz CT molecular complexity index is 723. The first-order valence-corrected chi connectivity index (χ1v) is 9.16. The molecular weight excluding hydrogens is 333 g/mol. The lowest BCUT2D eigenvalue weighted by Crippen LogP contribution is -2.37. The van der Waals surface area contributed by atoms with E-state index >= 15 is 0 Å². The molecular formula is C19H24FN5O. The van der Waals surface area contributed by atoms with Gasteiger partial charge in [-0.3, -0.25) is 4.90 Å². The number of benzene rings is 1. The van der Waals surface area contributed by atoms with Gasteiger partial charge in [-0.05, 0) is 12.0 Å². The molecule has 2 aromatic rings. The number of aromatic nitrogens is 2. The summed E-state index contributed by atoms with van der Waals surface area (Å²) in [6.07, 6.45) is 2.29. The fraction of sp³-hybridized carbons (Fsp3) is 0.474. The number of halogens is 1. The van der Waals surface area contributed by atoms with Crippen molar-refractivity contribution in [3.8, 4) is 0 Å². The summed E-state index contributed by atoms with van der Waals surface area (Å²) < 4.78 is 19.5. The molecule has 1 aromatic heterocycles. The van der Waals surface area contributed by atoms with Crippen LogP contribution in [-0.2, 0) is 11.3 Å². The van der Waals surface area contributed by atoms with Crippen LogP contribution in [0.15, 0.2) is 36.5 Å². The summed E-state index contributed by atoms with van der Waals surface area (Å²) in [7, 11) is 0. The lowest BCUT2D eigenvalue weighted by Gasteiger charge is -2.28. The van der Waals surface area contributed by atoms with Gasteiger partial charge in [-0.2, -0.15) is 4.98 Å². The Morgan fingerprint density at radius 2 is 1.96 bits per heavy atom. The first kappa shape index (κ1) is 17.2. The van der Waals surface area contributed by atoms with E-state index in [9.17, 15) is 4.39 Å². The van der Waals surface area contributed by atoms with Crippen LogP contribution in [0, 0.1) is 5.82 Å². The van der Waals surface area contributed by atoms with E-state index in [1.165, 1.54) is 11.8 Å². The summed E-state index contributed by atoms with van der Waals surface area (Å²) in [5, 5.41) is 3.37. The summed E-state index contributed by atoms with van der Waals surface area (Å²) in [6, 6.07) is 10.8. The summed E-state index contributed by atoms with van der Waals surface area (Å²) in [5.74, 6) is 0.485. The highest BCUT2D eigenvalue weighted by molar-refractivity contribution is 5.44. The molecule has 2 fully saturated rings. The van der Waals surface area contributed by atoms with Crippen molar-refractivity contribution in [2.24, 2.45) is 0 Å². The van der Waals surface area contributed by atoms with Gasteiger partial charge in [-0.1, -0.05) is 30.3 Å². The number of hydrogen-bond acceptors (Lipinski definition) is 6. The Morgan fingerprint density at radius 1 is 1.15 bits per heavy atom. The molecule has 138 valence electrons. The SMILES string of the molecule is Fc1cnc(N[C@H]2CCN(Cc3ccccc3)C2)nc1N1CCOCC1. The maximum absolute atomic E-state index is 14.1. The minimum Gasteiger partial charge on any atom is -0.378 e. The molecule has 1 atom stereocenters. The van der Waals surface area contributed by atoms with E-state index in [0.717, 1.165) is 26.1 Å². The van der Waals surface area contributed by atoms with Gasteiger partial charge >= 0.3 is 0 Å². The molecule has 4 rings (SSSR count). The smallest absolute Gasteiger partial charge is 0.225 e. The molecule has 2 aliphatic heterocycles. The van der Waals surface area contributed by atoms with Crippen molar-refractivity contribution in [1.82, 2.24) is 14.9 Å². The van der Waals surface area contributed by atoms with Crippen molar-refractivity contribution in [2.75, 3.05) is 49.6 Å². The fourth-order valence-electron chi connectivity index (χ4n) is 3.54. The second-order valence-corrected chi connectivity index (χ2v) is 6.82. The molecule has 3 heterocycles. The topological polar surface area (TPSA) is 53.5 Å². The highest BCUT2D eigenvalue weighted by atomic mass is 19.1. The first-order valence-electron chi connectivity index (χ1n) is 9.16. The number of morpholine rings is 1. The molecule has 0 spiro atoms. The van der Waals surface area contributed by atoms with E-state index in [1.807, 2.05) is 11.0 Å². The normalized spacial score (nSPS) is 21.1. The van der Waals surface area contributed by atoms with Crippen molar-refractivity contribution in [3.63, 3.8) is 0 Å². The number of hydrogen-bond donors (Lipinski definition) is 1. The van der Waals surface area contributed by atoms with Crippen LogP contribution in [0.3, 0.4) is 0 Å². The van der Waals surface area contributed by atoms with Crippen LogP contribution in [0.25, 0.3) is 0 Å². The highest BCUT2D eigenvalue weighted by Gasteiger charge is 2.24. The number of ether oxygens (including phenoxy) is 1. The Balaban J connectivity index is 1.37. The quantitative estimate of drug-likeness (QED) is 0.885. The zero-order chi connectivity index (χ0) is 17.8. The number of nitrogens with zero attached hydrogens (tertiary/aromatic N) is 4. The van der Waals surface area contributed by atoms with Crippen molar-refractivity contribution < 1.29 is 9.13 Å². The van der Waals surface area contributed by atoms with Crippen LogP contribution in [0.2, 0.25) is 0 Å². The van der Waals surface area contributed by atoms with Gasteiger partial charge in [0.2, 0.25) is 5.95 Å². The molecule has 0 radical (unpaired) electrons. The van der Waals surface area contributed by atoms with Crippen LogP contribution in [0.5, 0.6) is 0 Å². The Hall–Kier alpha value is -2.25. The molecule has 6 nitrogen and oxygen atoms in total. The summed E-state index contributed by atoms with van der Waals surface area (Å²) in [6.45, 7) is 5.42. The van der Waals surface area contributed by atoms with Crippen LogP contribution in [-0.4, -0.2) is 60.3 Å². The Morgan fingerprint density at radius 3 is 2.77 bits per heavy atom. The number of likely N-dealkylation sites (tertiary alicyclic amines) is 1. The van der Waals surface area contributed by atoms with Crippen LogP contribution < -0.4 is 10.2 Å². The van der Waals surface area contributed by atoms with Gasteiger partial charge in [-0.25, -0.2) is 9.37 Å². The molecule has 7 heteroatoms. The molecule has 0 bridgehead atoms.